The summed E-state index contributed by atoms with van der Waals surface area (Å²) in [5, 5.41) is 2.82. The van der Waals surface area contributed by atoms with Crippen LogP contribution in [0.15, 0.2) is 30.3 Å². The smallest absolute Gasteiger partial charge is 0.253 e. The van der Waals surface area contributed by atoms with Crippen molar-refractivity contribution >= 4 is 40.4 Å². The van der Waals surface area contributed by atoms with Gasteiger partial charge >= 0.3 is 0 Å². The second kappa shape index (κ2) is 6.97. The maximum atomic E-state index is 11.9. The van der Waals surface area contributed by atoms with Gasteiger partial charge in [0.2, 0.25) is 0 Å². The molecule has 0 fully saturated rings. The van der Waals surface area contributed by atoms with Crippen LogP contribution >= 0.6 is 34.5 Å². The molecular weight excluding hydrogens is 317 g/mol. The lowest BCUT2D eigenvalue weighted by Gasteiger charge is -2.06. The van der Waals surface area contributed by atoms with Crippen LogP contribution in [0, 0.1) is 0 Å². The van der Waals surface area contributed by atoms with Crippen molar-refractivity contribution < 1.29 is 9.53 Å². The van der Waals surface area contributed by atoms with E-state index in [4.69, 9.17) is 27.9 Å². The molecule has 20 heavy (non-hydrogen) atoms. The minimum Gasteiger partial charge on any atom is -0.497 e. The van der Waals surface area contributed by atoms with Crippen LogP contribution < -0.4 is 10.1 Å². The molecule has 0 unspecified atom stereocenters. The Labute approximate surface area is 131 Å². The summed E-state index contributed by atoms with van der Waals surface area (Å²) in [5.41, 5.74) is 1.52. The van der Waals surface area contributed by atoms with Crippen LogP contribution in [0.2, 0.25) is 8.67 Å². The molecule has 3 nitrogen and oxygen atoms in total. The highest BCUT2D eigenvalue weighted by Crippen LogP contribution is 2.30. The number of methoxy groups -OCH3 is 1. The predicted octanol–water partition coefficient (Wildman–Crippen LogP) is 4.04. The zero-order valence-corrected chi connectivity index (χ0v) is 13.1. The van der Waals surface area contributed by atoms with Gasteiger partial charge in [-0.25, -0.2) is 0 Å². The summed E-state index contributed by atoms with van der Waals surface area (Å²) in [6.07, 6.45) is 0.721. The summed E-state index contributed by atoms with van der Waals surface area (Å²) < 4.78 is 6.07. The van der Waals surface area contributed by atoms with Gasteiger partial charge in [0.25, 0.3) is 5.91 Å². The van der Waals surface area contributed by atoms with Crippen molar-refractivity contribution in [2.45, 2.75) is 6.42 Å². The molecule has 2 rings (SSSR count). The molecule has 106 valence electrons. The van der Waals surface area contributed by atoms with E-state index in [2.05, 4.69) is 5.32 Å². The van der Waals surface area contributed by atoms with Gasteiger partial charge in [0, 0.05) is 6.54 Å². The number of hydrogen-bond donors (Lipinski definition) is 1. The number of rotatable bonds is 5. The van der Waals surface area contributed by atoms with Gasteiger partial charge in [0.15, 0.2) is 0 Å². The Morgan fingerprint density at radius 3 is 2.80 bits per heavy atom. The third kappa shape index (κ3) is 3.88. The number of hydrogen-bond acceptors (Lipinski definition) is 3. The van der Waals surface area contributed by atoms with Crippen LogP contribution in [0.25, 0.3) is 0 Å². The normalized spacial score (nSPS) is 10.3. The van der Waals surface area contributed by atoms with Gasteiger partial charge < -0.3 is 10.1 Å². The average Bonchev–Trinajstić information content (AvgIpc) is 2.78. The van der Waals surface area contributed by atoms with E-state index in [9.17, 15) is 4.79 Å². The van der Waals surface area contributed by atoms with Crippen molar-refractivity contribution in [1.29, 1.82) is 0 Å². The molecule has 1 heterocycles. The van der Waals surface area contributed by atoms with Gasteiger partial charge in [0.1, 0.15) is 10.1 Å². The number of thiophene rings is 1. The fourth-order valence-corrected chi connectivity index (χ4v) is 3.20. The van der Waals surface area contributed by atoms with E-state index in [0.29, 0.717) is 20.8 Å². The van der Waals surface area contributed by atoms with Crippen LogP contribution in [0.1, 0.15) is 15.9 Å². The number of nitrogens with one attached hydrogen (secondary N) is 1. The molecule has 2 aromatic rings. The van der Waals surface area contributed by atoms with E-state index in [0.717, 1.165) is 17.7 Å². The minimum absolute atomic E-state index is 0.207. The van der Waals surface area contributed by atoms with Gasteiger partial charge in [-0.15, -0.1) is 11.3 Å². The second-order valence-corrected chi connectivity index (χ2v) is 6.38. The molecule has 0 aliphatic carbocycles. The van der Waals surface area contributed by atoms with Crippen molar-refractivity contribution in [3.8, 4) is 5.75 Å². The number of amides is 1. The zero-order valence-electron chi connectivity index (χ0n) is 10.8. The van der Waals surface area contributed by atoms with Crippen molar-refractivity contribution in [3.05, 3.63) is 50.1 Å². The van der Waals surface area contributed by atoms with Crippen LogP contribution in [-0.2, 0) is 6.42 Å². The van der Waals surface area contributed by atoms with Crippen LogP contribution in [-0.4, -0.2) is 19.6 Å². The summed E-state index contributed by atoms with van der Waals surface area (Å²) in [7, 11) is 1.63. The molecule has 0 atom stereocenters. The van der Waals surface area contributed by atoms with E-state index in [1.165, 1.54) is 11.3 Å². The van der Waals surface area contributed by atoms with Crippen molar-refractivity contribution in [2.75, 3.05) is 13.7 Å². The molecule has 0 saturated carbocycles. The molecule has 0 saturated heterocycles. The maximum absolute atomic E-state index is 11.9. The Bertz CT molecular complexity index is 613. The van der Waals surface area contributed by atoms with E-state index in [1.807, 2.05) is 24.3 Å². The van der Waals surface area contributed by atoms with Crippen molar-refractivity contribution in [2.24, 2.45) is 0 Å². The SMILES string of the molecule is COc1cccc(CCNC(=O)c2cc(Cl)sc2Cl)c1. The molecule has 0 spiro atoms. The number of halogens is 2. The number of carbonyl (C=O) groups is 1. The lowest BCUT2D eigenvalue weighted by molar-refractivity contribution is 0.0955. The van der Waals surface area contributed by atoms with E-state index < -0.39 is 0 Å². The van der Waals surface area contributed by atoms with Gasteiger partial charge in [-0.3, -0.25) is 4.79 Å². The van der Waals surface area contributed by atoms with Gasteiger partial charge in [0.05, 0.1) is 17.0 Å². The summed E-state index contributed by atoms with van der Waals surface area (Å²) in [6, 6.07) is 9.32. The van der Waals surface area contributed by atoms with E-state index in [1.54, 1.807) is 13.2 Å². The lowest BCUT2D eigenvalue weighted by atomic mass is 10.1. The first-order valence-corrected chi connectivity index (χ1v) is 7.53. The summed E-state index contributed by atoms with van der Waals surface area (Å²) in [4.78, 5) is 11.9. The van der Waals surface area contributed by atoms with Crippen molar-refractivity contribution in [1.82, 2.24) is 5.32 Å². The highest BCUT2D eigenvalue weighted by Gasteiger charge is 2.13. The molecule has 1 aromatic heterocycles. The van der Waals surface area contributed by atoms with Gasteiger partial charge in [-0.2, -0.15) is 0 Å². The second-order valence-electron chi connectivity index (χ2n) is 4.10. The fraction of sp³-hybridized carbons (Fsp3) is 0.214. The largest absolute Gasteiger partial charge is 0.497 e. The van der Waals surface area contributed by atoms with Crippen LogP contribution in [0.3, 0.4) is 0 Å². The lowest BCUT2D eigenvalue weighted by Crippen LogP contribution is -2.25. The highest BCUT2D eigenvalue weighted by atomic mass is 35.5. The molecule has 1 amide bonds. The first-order valence-electron chi connectivity index (χ1n) is 5.96. The van der Waals surface area contributed by atoms with E-state index in [-0.39, 0.29) is 5.91 Å². The summed E-state index contributed by atoms with van der Waals surface area (Å²) >= 11 is 12.9. The molecule has 1 N–H and O–H groups in total. The zero-order chi connectivity index (χ0) is 14.5. The quantitative estimate of drug-likeness (QED) is 0.899. The summed E-state index contributed by atoms with van der Waals surface area (Å²) in [6.45, 7) is 0.524. The number of ether oxygens (including phenoxy) is 1. The molecule has 6 heteroatoms. The van der Waals surface area contributed by atoms with Crippen LogP contribution in [0.5, 0.6) is 5.75 Å². The number of carbonyl (C=O) groups excluding carboxylic acids is 1. The topological polar surface area (TPSA) is 38.3 Å². The third-order valence-corrected chi connectivity index (χ3v) is 4.22. The van der Waals surface area contributed by atoms with Crippen LogP contribution in [0.4, 0.5) is 0 Å². The Morgan fingerprint density at radius 2 is 2.15 bits per heavy atom. The minimum atomic E-state index is -0.207. The van der Waals surface area contributed by atoms with Gasteiger partial charge in [-0.05, 0) is 30.2 Å². The molecule has 0 aliphatic heterocycles. The Balaban J connectivity index is 1.89. The number of benzene rings is 1. The predicted molar refractivity (Wildman–Crippen MR) is 83.4 cm³/mol. The fourth-order valence-electron chi connectivity index (χ4n) is 1.74. The van der Waals surface area contributed by atoms with Gasteiger partial charge in [-0.1, -0.05) is 35.3 Å². The first kappa shape index (κ1) is 15.2. The average molecular weight is 330 g/mol. The molecule has 1 aromatic carbocycles. The summed E-state index contributed by atoms with van der Waals surface area (Å²) in [5.74, 6) is 0.600. The van der Waals surface area contributed by atoms with Crippen molar-refractivity contribution in [3.63, 3.8) is 0 Å². The van der Waals surface area contributed by atoms with E-state index >= 15 is 0 Å². The Morgan fingerprint density at radius 1 is 1.35 bits per heavy atom. The molecule has 0 aliphatic rings. The highest BCUT2D eigenvalue weighted by molar-refractivity contribution is 7.20. The Hall–Kier alpha value is -1.23. The third-order valence-electron chi connectivity index (χ3n) is 2.73. The Kier molecular flexibility index (Phi) is 5.29. The monoisotopic (exact) mass is 329 g/mol. The standard InChI is InChI=1S/C14H13Cl2NO2S/c1-19-10-4-2-3-9(7-10)5-6-17-14(18)11-8-12(15)20-13(11)16/h2-4,7-8H,5-6H2,1H3,(H,17,18). The maximum Gasteiger partial charge on any atom is 0.253 e. The molecular formula is C14H13Cl2NO2S. The molecule has 0 bridgehead atoms. The molecule has 0 radical (unpaired) electrons. The first-order chi connectivity index (χ1) is 9.60.